The van der Waals surface area contributed by atoms with Gasteiger partial charge in [0, 0.05) is 22.7 Å². The molecule has 2 aromatic heterocycles. The van der Waals surface area contributed by atoms with Crippen LogP contribution in [0, 0.1) is 0 Å². The molecule has 16 heteroatoms. The number of aromatic amines is 1. The average molecular weight is 615 g/mol. The van der Waals surface area contributed by atoms with Crippen molar-refractivity contribution >= 4 is 10.9 Å². The van der Waals surface area contributed by atoms with Crippen molar-refractivity contribution in [1.82, 2.24) is 92.8 Å². The lowest BCUT2D eigenvalue weighted by Gasteiger charge is -2.34. The standard InChI is InChI=1S/C28H21N5.11H3N/c1-4-10-23(11-5-1)28(24-12-6-2-7-13-24,25-14-8-3-9-15-25)33-31-27(30-32-33)22-16-17-26-21(20-22)18-19-29-26;;;;;;;;;;;/h1-20,29H;11*1H3. The number of aromatic nitrogens is 5. The molecule has 2 heterocycles. The molecule has 0 aliphatic rings. The van der Waals surface area contributed by atoms with Crippen molar-refractivity contribution in [3.8, 4) is 11.4 Å². The van der Waals surface area contributed by atoms with Gasteiger partial charge in [0.2, 0.25) is 5.82 Å². The lowest BCUT2D eigenvalue weighted by atomic mass is 9.77. The van der Waals surface area contributed by atoms with Crippen LogP contribution in [0.25, 0.3) is 22.3 Å². The van der Waals surface area contributed by atoms with E-state index < -0.39 is 5.54 Å². The van der Waals surface area contributed by atoms with Crippen molar-refractivity contribution in [2.75, 3.05) is 0 Å². The summed E-state index contributed by atoms with van der Waals surface area (Å²) in [4.78, 5) is 4.98. The first-order valence-corrected chi connectivity index (χ1v) is 10.9. The molecule has 0 aliphatic heterocycles. The van der Waals surface area contributed by atoms with E-state index in [1.54, 1.807) is 4.80 Å². The summed E-state index contributed by atoms with van der Waals surface area (Å²) in [5, 5.41) is 15.2. The SMILES string of the molecule is N.N.N.N.N.N.N.N.N.N.N.c1ccc(C(c2ccccc2)(c2ccccc2)n2nnc(-c3ccc4[nH]ccc4c3)n2)cc1. The number of nitrogens with zero attached hydrogens (tertiary/aromatic N) is 4. The minimum absolute atomic E-state index is 0. The molecule has 0 amide bonds. The third kappa shape index (κ3) is 8.55. The van der Waals surface area contributed by atoms with Gasteiger partial charge in [-0.1, -0.05) is 91.0 Å². The zero-order valence-corrected chi connectivity index (χ0v) is 25.6. The summed E-state index contributed by atoms with van der Waals surface area (Å²) in [5.74, 6) is 0.588. The second-order valence-electron chi connectivity index (χ2n) is 7.99. The third-order valence-corrected chi connectivity index (χ3v) is 6.10. The Labute approximate surface area is 258 Å². The van der Waals surface area contributed by atoms with Crippen LogP contribution < -0.4 is 67.7 Å². The molecule has 0 saturated heterocycles. The van der Waals surface area contributed by atoms with Crippen LogP contribution in [0.1, 0.15) is 16.7 Å². The average Bonchev–Trinajstić information content (AvgIpc) is 3.56. The van der Waals surface area contributed by atoms with E-state index >= 15 is 0 Å². The van der Waals surface area contributed by atoms with Crippen LogP contribution in [-0.2, 0) is 5.54 Å². The molecule has 16 nitrogen and oxygen atoms in total. The van der Waals surface area contributed by atoms with Crippen LogP contribution in [0.4, 0.5) is 0 Å². The maximum atomic E-state index is 4.96. The first-order chi connectivity index (χ1) is 16.4. The fourth-order valence-electron chi connectivity index (χ4n) is 4.55. The van der Waals surface area contributed by atoms with E-state index in [0.29, 0.717) is 5.82 Å². The minimum atomic E-state index is -0.771. The van der Waals surface area contributed by atoms with Crippen molar-refractivity contribution in [2.45, 2.75) is 5.54 Å². The fraction of sp³-hybridized carbons (Fsp3) is 0.0357. The summed E-state index contributed by atoms with van der Waals surface area (Å²) < 4.78 is 0. The molecular weight excluding hydrogens is 560 g/mol. The molecule has 0 unspecified atom stereocenters. The molecule has 246 valence electrons. The maximum Gasteiger partial charge on any atom is 0.205 e. The number of fused-ring (bicyclic) bond motifs is 1. The van der Waals surface area contributed by atoms with Gasteiger partial charge < -0.3 is 72.6 Å². The molecule has 0 spiro atoms. The smallest absolute Gasteiger partial charge is 0.205 e. The van der Waals surface area contributed by atoms with Gasteiger partial charge in [-0.05, 0) is 46.2 Å². The second kappa shape index (κ2) is 21.7. The van der Waals surface area contributed by atoms with E-state index in [2.05, 4.69) is 57.8 Å². The summed E-state index contributed by atoms with van der Waals surface area (Å²) in [6.45, 7) is 0. The van der Waals surface area contributed by atoms with Crippen molar-refractivity contribution in [1.29, 1.82) is 0 Å². The molecule has 0 aliphatic carbocycles. The first-order valence-electron chi connectivity index (χ1n) is 10.9. The molecule has 0 bridgehead atoms. The number of tetrazole rings is 1. The Kier molecular flexibility index (Phi) is 25.5. The van der Waals surface area contributed by atoms with Crippen molar-refractivity contribution in [2.24, 2.45) is 0 Å². The highest BCUT2D eigenvalue weighted by Gasteiger charge is 2.41. The van der Waals surface area contributed by atoms with Gasteiger partial charge in [-0.15, -0.1) is 15.0 Å². The first kappa shape index (κ1) is 51.8. The Morgan fingerprint density at radius 1 is 0.500 bits per heavy atom. The summed E-state index contributed by atoms with van der Waals surface area (Å²) >= 11 is 0. The van der Waals surface area contributed by atoms with Crippen LogP contribution in [0.3, 0.4) is 0 Å². The highest BCUT2D eigenvalue weighted by Crippen LogP contribution is 2.39. The zero-order chi connectivity index (χ0) is 22.1. The monoisotopic (exact) mass is 614 g/mol. The molecule has 34 N–H and O–H groups in total. The number of nitrogens with one attached hydrogen (secondary N) is 1. The van der Waals surface area contributed by atoms with Gasteiger partial charge in [0.25, 0.3) is 0 Å². The molecule has 6 aromatic rings. The minimum Gasteiger partial charge on any atom is -0.361 e. The predicted octanol–water partition coefficient (Wildman–Crippen LogP) is 7.44. The van der Waals surface area contributed by atoms with E-state index in [1.165, 1.54) is 0 Å². The highest BCUT2D eigenvalue weighted by atomic mass is 15.6. The van der Waals surface area contributed by atoms with Crippen LogP contribution in [0.5, 0.6) is 0 Å². The highest BCUT2D eigenvalue weighted by molar-refractivity contribution is 5.83. The van der Waals surface area contributed by atoms with Crippen molar-refractivity contribution in [3.05, 3.63) is 138 Å². The zero-order valence-electron chi connectivity index (χ0n) is 25.6. The lowest BCUT2D eigenvalue weighted by Crippen LogP contribution is -2.39. The maximum absolute atomic E-state index is 4.96. The summed E-state index contributed by atoms with van der Waals surface area (Å²) in [5.41, 5.74) is 4.43. The quantitative estimate of drug-likeness (QED) is 0.0838. The molecule has 0 fully saturated rings. The Morgan fingerprint density at radius 2 is 0.932 bits per heavy atom. The normalized spacial score (nSPS) is 8.73. The number of benzene rings is 4. The third-order valence-electron chi connectivity index (χ3n) is 6.10. The summed E-state index contributed by atoms with van der Waals surface area (Å²) in [6.07, 6.45) is 1.93. The van der Waals surface area contributed by atoms with Crippen LogP contribution in [-0.4, -0.2) is 25.2 Å². The number of hydrogen-bond donors (Lipinski definition) is 12. The van der Waals surface area contributed by atoms with Gasteiger partial charge in [0.15, 0.2) is 5.54 Å². The van der Waals surface area contributed by atoms with E-state index in [1.807, 2.05) is 79.0 Å². The Hall–Kier alpha value is -4.95. The van der Waals surface area contributed by atoms with E-state index in [0.717, 1.165) is 33.2 Å². The largest absolute Gasteiger partial charge is 0.361 e. The van der Waals surface area contributed by atoms with Gasteiger partial charge in [0.05, 0.1) is 0 Å². The van der Waals surface area contributed by atoms with Crippen LogP contribution in [0.15, 0.2) is 121 Å². The number of rotatable bonds is 5. The van der Waals surface area contributed by atoms with Gasteiger partial charge >= 0.3 is 0 Å². The molecule has 4 aromatic carbocycles. The predicted molar refractivity (Wildman–Crippen MR) is 185 cm³/mol. The van der Waals surface area contributed by atoms with Gasteiger partial charge in [-0.25, -0.2) is 0 Å². The molecular formula is C28H54N16. The lowest BCUT2D eigenvalue weighted by molar-refractivity contribution is 0.396. The van der Waals surface area contributed by atoms with E-state index in [9.17, 15) is 0 Å². The van der Waals surface area contributed by atoms with Gasteiger partial charge in [-0.2, -0.15) is 0 Å². The number of hydrogen-bond acceptors (Lipinski definition) is 14. The Morgan fingerprint density at radius 3 is 1.36 bits per heavy atom. The van der Waals surface area contributed by atoms with E-state index in [-0.39, 0.29) is 67.7 Å². The molecule has 0 radical (unpaired) electrons. The molecule has 6 rings (SSSR count). The van der Waals surface area contributed by atoms with Crippen molar-refractivity contribution < 1.29 is 0 Å². The van der Waals surface area contributed by atoms with Crippen LogP contribution >= 0.6 is 0 Å². The molecule has 0 saturated carbocycles. The fourth-order valence-corrected chi connectivity index (χ4v) is 4.55. The van der Waals surface area contributed by atoms with E-state index in [4.69, 9.17) is 5.10 Å². The number of H-pyrrole nitrogens is 1. The Bertz CT molecular complexity index is 1430. The van der Waals surface area contributed by atoms with Crippen molar-refractivity contribution in [3.63, 3.8) is 0 Å². The topological polar surface area (TPSA) is 444 Å². The summed E-state index contributed by atoms with van der Waals surface area (Å²) in [7, 11) is 0. The van der Waals surface area contributed by atoms with Crippen LogP contribution in [0.2, 0.25) is 0 Å². The van der Waals surface area contributed by atoms with Gasteiger partial charge in [0.1, 0.15) is 0 Å². The molecule has 44 heavy (non-hydrogen) atoms. The van der Waals surface area contributed by atoms with Gasteiger partial charge in [-0.3, -0.25) is 0 Å². The molecule has 0 atom stereocenters. The second-order valence-corrected chi connectivity index (χ2v) is 7.99. The Balaban J connectivity index is -0.000000328. The summed E-state index contributed by atoms with van der Waals surface area (Å²) in [6, 6.07) is 39.3.